The van der Waals surface area contributed by atoms with Crippen LogP contribution in [0.25, 0.3) is 0 Å². The lowest BCUT2D eigenvalue weighted by Gasteiger charge is -2.22. The molecule has 1 fully saturated rings. The summed E-state index contributed by atoms with van der Waals surface area (Å²) in [5.74, 6) is -0.539. The van der Waals surface area contributed by atoms with Crippen molar-refractivity contribution in [2.45, 2.75) is 38.4 Å². The number of amides is 1. The molecule has 0 saturated carbocycles. The Kier molecular flexibility index (Phi) is 4.82. The molecule has 0 radical (unpaired) electrons. The average Bonchev–Trinajstić information content (AvgIpc) is 2.81. The topological polar surface area (TPSA) is 72.5 Å². The highest BCUT2D eigenvalue weighted by Gasteiger charge is 2.30. The Morgan fingerprint density at radius 2 is 2.30 bits per heavy atom. The molecule has 0 bridgehead atoms. The number of sulfonamides is 1. The van der Waals surface area contributed by atoms with Gasteiger partial charge in [-0.3, -0.25) is 4.79 Å². The fourth-order valence-electron chi connectivity index (χ4n) is 2.20. The molecular weight excluding hydrogens is 298 g/mol. The predicted octanol–water partition coefficient (Wildman–Crippen LogP) is 1.86. The number of ether oxygens (including phenoxy) is 1. The zero-order chi connectivity index (χ0) is 14.8. The molecule has 0 aromatic carbocycles. The Hall–Kier alpha value is -0.920. The quantitative estimate of drug-likeness (QED) is 0.920. The molecule has 1 aliphatic rings. The first-order valence-corrected chi connectivity index (χ1v) is 9.03. The van der Waals surface area contributed by atoms with Crippen LogP contribution in [0.2, 0.25) is 0 Å². The van der Waals surface area contributed by atoms with E-state index in [1.807, 2.05) is 13.8 Å². The Morgan fingerprint density at radius 1 is 1.55 bits per heavy atom. The Balaban J connectivity index is 2.09. The Bertz CT molecular complexity index is 586. The van der Waals surface area contributed by atoms with Crippen molar-refractivity contribution in [3.63, 3.8) is 0 Å². The Labute approximate surface area is 123 Å². The summed E-state index contributed by atoms with van der Waals surface area (Å²) in [5.41, 5.74) is 1.03. The molecule has 1 unspecified atom stereocenters. The molecule has 20 heavy (non-hydrogen) atoms. The standard InChI is InChI=1S/C13H19NO4S2/c1-3-11-9(2)7-12(19-11)13(15)14-20(16,17)10-5-4-6-18-8-10/h7,10H,3-6,8H2,1-2H3,(H,14,15). The summed E-state index contributed by atoms with van der Waals surface area (Å²) in [6.07, 6.45) is 2.08. The van der Waals surface area contributed by atoms with E-state index in [9.17, 15) is 13.2 Å². The van der Waals surface area contributed by atoms with Gasteiger partial charge in [-0.1, -0.05) is 6.92 Å². The minimum atomic E-state index is -3.66. The van der Waals surface area contributed by atoms with Crippen LogP contribution in [0.1, 0.15) is 39.9 Å². The van der Waals surface area contributed by atoms with E-state index in [0.29, 0.717) is 24.3 Å². The van der Waals surface area contributed by atoms with Crippen molar-refractivity contribution in [1.82, 2.24) is 4.72 Å². The fourth-order valence-corrected chi connectivity index (χ4v) is 4.56. The second-order valence-electron chi connectivity index (χ2n) is 4.89. The van der Waals surface area contributed by atoms with Crippen molar-refractivity contribution in [2.24, 2.45) is 0 Å². The third kappa shape index (κ3) is 3.39. The van der Waals surface area contributed by atoms with Crippen molar-refractivity contribution < 1.29 is 17.9 Å². The van der Waals surface area contributed by atoms with Gasteiger partial charge in [0, 0.05) is 11.5 Å². The van der Waals surface area contributed by atoms with Gasteiger partial charge in [-0.05, 0) is 37.8 Å². The summed E-state index contributed by atoms with van der Waals surface area (Å²) in [5, 5.41) is -0.632. The lowest BCUT2D eigenvalue weighted by atomic mass is 10.2. The number of hydrogen-bond acceptors (Lipinski definition) is 5. The monoisotopic (exact) mass is 317 g/mol. The van der Waals surface area contributed by atoms with Gasteiger partial charge < -0.3 is 4.74 Å². The molecule has 1 aromatic heterocycles. The summed E-state index contributed by atoms with van der Waals surface area (Å²) in [6, 6.07) is 1.74. The normalized spacial score (nSPS) is 19.8. The van der Waals surface area contributed by atoms with Crippen LogP contribution < -0.4 is 4.72 Å². The number of nitrogens with one attached hydrogen (secondary N) is 1. The fraction of sp³-hybridized carbons (Fsp3) is 0.615. The molecule has 0 spiro atoms. The molecule has 1 saturated heterocycles. The summed E-state index contributed by atoms with van der Waals surface area (Å²) < 4.78 is 31.6. The van der Waals surface area contributed by atoms with Gasteiger partial charge in [0.25, 0.3) is 5.91 Å². The van der Waals surface area contributed by atoms with Crippen LogP contribution in [-0.4, -0.2) is 32.8 Å². The molecular formula is C13H19NO4S2. The van der Waals surface area contributed by atoms with Gasteiger partial charge in [-0.15, -0.1) is 11.3 Å². The maximum absolute atomic E-state index is 12.1. The molecule has 2 rings (SSSR count). The number of hydrogen-bond donors (Lipinski definition) is 1. The Morgan fingerprint density at radius 3 is 2.85 bits per heavy atom. The van der Waals surface area contributed by atoms with Crippen LogP contribution in [0.15, 0.2) is 6.07 Å². The van der Waals surface area contributed by atoms with Gasteiger partial charge in [-0.25, -0.2) is 13.1 Å². The van der Waals surface area contributed by atoms with Crippen LogP contribution in [0.5, 0.6) is 0 Å². The van der Waals surface area contributed by atoms with Gasteiger partial charge >= 0.3 is 0 Å². The SMILES string of the molecule is CCc1sc(C(=O)NS(=O)(=O)C2CCCOC2)cc1C. The molecule has 1 N–H and O–H groups in total. The van der Waals surface area contributed by atoms with Gasteiger partial charge in [-0.2, -0.15) is 0 Å². The molecule has 1 atom stereocenters. The minimum Gasteiger partial charge on any atom is -0.380 e. The highest BCUT2D eigenvalue weighted by molar-refractivity contribution is 7.90. The highest BCUT2D eigenvalue weighted by atomic mass is 32.2. The zero-order valence-corrected chi connectivity index (χ0v) is 13.3. The molecule has 1 amide bonds. The molecule has 1 aromatic rings. The largest absolute Gasteiger partial charge is 0.380 e. The number of thiophene rings is 1. The maximum atomic E-state index is 12.1. The lowest BCUT2D eigenvalue weighted by molar-refractivity contribution is 0.0955. The van der Waals surface area contributed by atoms with Crippen LogP contribution in [0.3, 0.4) is 0 Å². The first-order valence-electron chi connectivity index (χ1n) is 6.67. The van der Waals surface area contributed by atoms with Crippen LogP contribution in [-0.2, 0) is 21.2 Å². The van der Waals surface area contributed by atoms with Gasteiger partial charge in [0.15, 0.2) is 0 Å². The molecule has 112 valence electrons. The minimum absolute atomic E-state index is 0.159. The van der Waals surface area contributed by atoms with Crippen molar-refractivity contribution in [3.05, 3.63) is 21.4 Å². The van der Waals surface area contributed by atoms with E-state index in [0.717, 1.165) is 16.9 Å². The molecule has 1 aliphatic heterocycles. The van der Waals surface area contributed by atoms with Crippen molar-refractivity contribution in [3.8, 4) is 0 Å². The first-order chi connectivity index (χ1) is 9.44. The van der Waals surface area contributed by atoms with Crippen LogP contribution in [0, 0.1) is 6.92 Å². The van der Waals surface area contributed by atoms with E-state index in [2.05, 4.69) is 4.72 Å². The summed E-state index contributed by atoms with van der Waals surface area (Å²) >= 11 is 1.35. The second kappa shape index (κ2) is 6.24. The zero-order valence-electron chi connectivity index (χ0n) is 11.6. The highest BCUT2D eigenvalue weighted by Crippen LogP contribution is 2.23. The van der Waals surface area contributed by atoms with Crippen LogP contribution >= 0.6 is 11.3 Å². The molecule has 5 nitrogen and oxygen atoms in total. The third-order valence-corrected chi connectivity index (χ3v) is 6.46. The average molecular weight is 317 g/mol. The molecule has 7 heteroatoms. The van der Waals surface area contributed by atoms with Crippen molar-refractivity contribution >= 4 is 27.3 Å². The van der Waals surface area contributed by atoms with E-state index >= 15 is 0 Å². The number of aryl methyl sites for hydroxylation is 2. The summed E-state index contributed by atoms with van der Waals surface area (Å²) in [7, 11) is -3.66. The van der Waals surface area contributed by atoms with E-state index in [1.165, 1.54) is 11.3 Å². The van der Waals surface area contributed by atoms with Gasteiger partial charge in [0.05, 0.1) is 11.5 Å². The van der Waals surface area contributed by atoms with Gasteiger partial charge in [0.2, 0.25) is 10.0 Å². The van der Waals surface area contributed by atoms with E-state index in [4.69, 9.17) is 4.74 Å². The van der Waals surface area contributed by atoms with Crippen LogP contribution in [0.4, 0.5) is 0 Å². The van der Waals surface area contributed by atoms with E-state index in [-0.39, 0.29) is 6.61 Å². The summed E-state index contributed by atoms with van der Waals surface area (Å²) in [6.45, 7) is 4.68. The smallest absolute Gasteiger partial charge is 0.274 e. The number of carbonyl (C=O) groups excluding carboxylic acids is 1. The lowest BCUT2D eigenvalue weighted by Crippen LogP contribution is -2.42. The van der Waals surface area contributed by atoms with E-state index < -0.39 is 21.2 Å². The summed E-state index contributed by atoms with van der Waals surface area (Å²) in [4.78, 5) is 13.6. The number of rotatable bonds is 4. The van der Waals surface area contributed by atoms with E-state index in [1.54, 1.807) is 6.07 Å². The molecule has 2 heterocycles. The first kappa shape index (κ1) is 15.5. The number of carbonyl (C=O) groups is 1. The predicted molar refractivity (Wildman–Crippen MR) is 78.7 cm³/mol. The van der Waals surface area contributed by atoms with Gasteiger partial charge in [0.1, 0.15) is 5.25 Å². The van der Waals surface area contributed by atoms with Crippen molar-refractivity contribution in [2.75, 3.05) is 13.2 Å². The third-order valence-electron chi connectivity index (χ3n) is 3.36. The maximum Gasteiger partial charge on any atom is 0.274 e. The second-order valence-corrected chi connectivity index (χ2v) is 7.98. The molecule has 0 aliphatic carbocycles. The van der Waals surface area contributed by atoms with Crippen molar-refractivity contribution in [1.29, 1.82) is 0 Å².